The van der Waals surface area contributed by atoms with Crippen LogP contribution in [0.5, 0.6) is 0 Å². The fourth-order valence-corrected chi connectivity index (χ4v) is 3.19. The predicted octanol–water partition coefficient (Wildman–Crippen LogP) is 2.38. The second kappa shape index (κ2) is 6.99. The van der Waals surface area contributed by atoms with Crippen LogP contribution in [0.1, 0.15) is 44.8 Å². The number of amides is 3. The van der Waals surface area contributed by atoms with E-state index in [0.717, 1.165) is 22.1 Å². The Morgan fingerprint density at radius 2 is 1.85 bits per heavy atom. The SMILES string of the molecule is Cc1ccccc1C(C)NC(=O)CN1C(=O)c2cccc([N+](=O)[O-])c2C1=O. The number of carbonyl (C=O) groups excluding carboxylic acids is 3. The molecule has 0 fully saturated rings. The van der Waals surface area contributed by atoms with E-state index in [9.17, 15) is 24.5 Å². The smallest absolute Gasteiger partial charge is 0.282 e. The lowest BCUT2D eigenvalue weighted by Gasteiger charge is -2.19. The van der Waals surface area contributed by atoms with Gasteiger partial charge >= 0.3 is 0 Å². The molecule has 0 saturated heterocycles. The van der Waals surface area contributed by atoms with Crippen molar-refractivity contribution in [3.63, 3.8) is 0 Å². The Balaban J connectivity index is 1.77. The van der Waals surface area contributed by atoms with Gasteiger partial charge in [-0.25, -0.2) is 0 Å². The third-order valence-corrected chi connectivity index (χ3v) is 4.51. The Morgan fingerprint density at radius 1 is 1.15 bits per heavy atom. The number of imide groups is 1. The first kappa shape index (κ1) is 18.2. The number of benzene rings is 2. The van der Waals surface area contributed by atoms with E-state index in [0.29, 0.717) is 0 Å². The van der Waals surface area contributed by atoms with Crippen molar-refractivity contribution < 1.29 is 19.3 Å². The van der Waals surface area contributed by atoms with Crippen molar-refractivity contribution in [3.05, 3.63) is 74.8 Å². The molecule has 1 N–H and O–H groups in total. The lowest BCUT2D eigenvalue weighted by molar-refractivity contribution is -0.385. The first-order valence-corrected chi connectivity index (χ1v) is 8.29. The van der Waals surface area contributed by atoms with Gasteiger partial charge < -0.3 is 5.32 Å². The number of nitrogens with zero attached hydrogens (tertiary/aromatic N) is 2. The van der Waals surface area contributed by atoms with E-state index < -0.39 is 34.9 Å². The van der Waals surface area contributed by atoms with Gasteiger partial charge in [0, 0.05) is 6.07 Å². The maximum atomic E-state index is 12.5. The molecule has 8 heteroatoms. The average Bonchev–Trinajstić information content (AvgIpc) is 2.87. The van der Waals surface area contributed by atoms with Gasteiger partial charge in [-0.1, -0.05) is 30.3 Å². The molecule has 138 valence electrons. The molecule has 2 aromatic carbocycles. The number of aryl methyl sites for hydroxylation is 1. The van der Waals surface area contributed by atoms with Gasteiger partial charge in [-0.05, 0) is 31.0 Å². The van der Waals surface area contributed by atoms with Gasteiger partial charge in [0.2, 0.25) is 5.91 Å². The van der Waals surface area contributed by atoms with Crippen LogP contribution in [0.4, 0.5) is 5.69 Å². The molecule has 2 aromatic rings. The van der Waals surface area contributed by atoms with Gasteiger partial charge in [-0.3, -0.25) is 29.4 Å². The summed E-state index contributed by atoms with van der Waals surface area (Å²) in [5.41, 5.74) is 1.15. The number of carbonyl (C=O) groups is 3. The molecule has 8 nitrogen and oxygen atoms in total. The second-order valence-electron chi connectivity index (χ2n) is 6.30. The second-order valence-corrected chi connectivity index (χ2v) is 6.30. The number of hydrogen-bond donors (Lipinski definition) is 1. The molecule has 0 saturated carbocycles. The van der Waals surface area contributed by atoms with Crippen LogP contribution < -0.4 is 5.32 Å². The van der Waals surface area contributed by atoms with E-state index in [1.807, 2.05) is 31.2 Å². The van der Waals surface area contributed by atoms with Gasteiger partial charge in [0.25, 0.3) is 17.5 Å². The zero-order valence-electron chi connectivity index (χ0n) is 14.8. The maximum absolute atomic E-state index is 12.5. The summed E-state index contributed by atoms with van der Waals surface area (Å²) in [5.74, 6) is -2.07. The van der Waals surface area contributed by atoms with Crippen LogP contribution >= 0.6 is 0 Å². The molecule has 1 heterocycles. The lowest BCUT2D eigenvalue weighted by Crippen LogP contribution is -2.41. The fourth-order valence-electron chi connectivity index (χ4n) is 3.19. The predicted molar refractivity (Wildman–Crippen MR) is 96.2 cm³/mol. The topological polar surface area (TPSA) is 110 Å². The zero-order chi connectivity index (χ0) is 19.7. The lowest BCUT2D eigenvalue weighted by atomic mass is 10.0. The quantitative estimate of drug-likeness (QED) is 0.496. The highest BCUT2D eigenvalue weighted by molar-refractivity contribution is 6.24. The van der Waals surface area contributed by atoms with E-state index in [1.165, 1.54) is 12.1 Å². The molecular formula is C19H17N3O5. The molecule has 1 aliphatic heterocycles. The monoisotopic (exact) mass is 367 g/mol. The summed E-state index contributed by atoms with van der Waals surface area (Å²) in [6.45, 7) is 3.22. The largest absolute Gasteiger partial charge is 0.348 e. The Bertz CT molecular complexity index is 970. The number of hydrogen-bond acceptors (Lipinski definition) is 5. The van der Waals surface area contributed by atoms with Crippen molar-refractivity contribution in [1.82, 2.24) is 10.2 Å². The van der Waals surface area contributed by atoms with Gasteiger partial charge in [0.1, 0.15) is 12.1 Å². The molecule has 0 aromatic heterocycles. The van der Waals surface area contributed by atoms with E-state index in [-0.39, 0.29) is 17.2 Å². The maximum Gasteiger partial charge on any atom is 0.282 e. The molecular weight excluding hydrogens is 350 g/mol. The number of fused-ring (bicyclic) bond motifs is 1. The third kappa shape index (κ3) is 3.29. The Hall–Kier alpha value is -3.55. The standard InChI is InChI=1S/C19H17N3O5/c1-11-6-3-4-7-13(11)12(2)20-16(23)10-21-18(24)14-8-5-9-15(22(26)27)17(14)19(21)25/h3-9,12H,10H2,1-2H3,(H,20,23). The van der Waals surface area contributed by atoms with Gasteiger partial charge in [0.15, 0.2) is 0 Å². The Labute approximate surface area is 154 Å². The van der Waals surface area contributed by atoms with Crippen molar-refractivity contribution in [3.8, 4) is 0 Å². The summed E-state index contributed by atoms with van der Waals surface area (Å²) >= 11 is 0. The molecule has 27 heavy (non-hydrogen) atoms. The summed E-state index contributed by atoms with van der Waals surface area (Å²) < 4.78 is 0. The van der Waals surface area contributed by atoms with Crippen LogP contribution in [0.15, 0.2) is 42.5 Å². The summed E-state index contributed by atoms with van der Waals surface area (Å²) in [5, 5.41) is 13.9. The van der Waals surface area contributed by atoms with Gasteiger partial charge in [-0.15, -0.1) is 0 Å². The molecule has 3 amide bonds. The van der Waals surface area contributed by atoms with E-state index in [1.54, 1.807) is 6.92 Å². The molecule has 0 spiro atoms. The average molecular weight is 367 g/mol. The van der Waals surface area contributed by atoms with E-state index in [2.05, 4.69) is 5.32 Å². The van der Waals surface area contributed by atoms with Crippen LogP contribution in [0.25, 0.3) is 0 Å². The Kier molecular flexibility index (Phi) is 4.72. The molecule has 0 aliphatic carbocycles. The number of nitro groups is 1. The van der Waals surface area contributed by atoms with Crippen LogP contribution in [0.2, 0.25) is 0 Å². The summed E-state index contributed by atoms with van der Waals surface area (Å²) in [6.07, 6.45) is 0. The van der Waals surface area contributed by atoms with Gasteiger partial charge in [0.05, 0.1) is 16.5 Å². The highest BCUT2D eigenvalue weighted by Gasteiger charge is 2.41. The van der Waals surface area contributed by atoms with E-state index >= 15 is 0 Å². The zero-order valence-corrected chi connectivity index (χ0v) is 14.8. The minimum atomic E-state index is -0.832. The molecule has 3 rings (SSSR count). The molecule has 1 unspecified atom stereocenters. The Morgan fingerprint density at radius 3 is 2.52 bits per heavy atom. The minimum Gasteiger partial charge on any atom is -0.348 e. The third-order valence-electron chi connectivity index (χ3n) is 4.51. The normalized spacial score (nSPS) is 14.1. The minimum absolute atomic E-state index is 0.0612. The van der Waals surface area contributed by atoms with Crippen molar-refractivity contribution in [2.45, 2.75) is 19.9 Å². The number of rotatable bonds is 5. The first-order valence-electron chi connectivity index (χ1n) is 8.29. The van der Waals surface area contributed by atoms with Crippen molar-refractivity contribution in [2.75, 3.05) is 6.54 Å². The fraction of sp³-hybridized carbons (Fsp3) is 0.211. The molecule has 0 radical (unpaired) electrons. The van der Waals surface area contributed by atoms with E-state index in [4.69, 9.17) is 0 Å². The molecule has 1 atom stereocenters. The molecule has 0 bridgehead atoms. The number of nitro benzene ring substituents is 1. The van der Waals surface area contributed by atoms with Crippen molar-refractivity contribution in [1.29, 1.82) is 0 Å². The first-order chi connectivity index (χ1) is 12.8. The highest BCUT2D eigenvalue weighted by Crippen LogP contribution is 2.30. The van der Waals surface area contributed by atoms with Crippen molar-refractivity contribution in [2.24, 2.45) is 0 Å². The molecule has 1 aliphatic rings. The number of nitrogens with one attached hydrogen (secondary N) is 1. The van der Waals surface area contributed by atoms with Crippen LogP contribution in [-0.4, -0.2) is 34.1 Å². The van der Waals surface area contributed by atoms with Crippen LogP contribution in [-0.2, 0) is 4.79 Å². The summed E-state index contributed by atoms with van der Waals surface area (Å²) in [7, 11) is 0. The van der Waals surface area contributed by atoms with Gasteiger partial charge in [-0.2, -0.15) is 0 Å². The van der Waals surface area contributed by atoms with Crippen molar-refractivity contribution >= 4 is 23.4 Å². The summed E-state index contributed by atoms with van der Waals surface area (Å²) in [6, 6.07) is 11.1. The summed E-state index contributed by atoms with van der Waals surface area (Å²) in [4.78, 5) is 48.4. The van der Waals surface area contributed by atoms with Crippen LogP contribution in [0, 0.1) is 17.0 Å². The van der Waals surface area contributed by atoms with Crippen LogP contribution in [0.3, 0.4) is 0 Å². The highest BCUT2D eigenvalue weighted by atomic mass is 16.6.